The summed E-state index contributed by atoms with van der Waals surface area (Å²) in [5, 5.41) is 36.9. The molecule has 0 aliphatic heterocycles. The first-order valence-corrected chi connectivity index (χ1v) is 17.6. The number of nitrogens with one attached hydrogen (secondary N) is 1. The topological polar surface area (TPSA) is 195 Å². The van der Waals surface area contributed by atoms with Crippen LogP contribution in [-0.2, 0) is 38.1 Å². The minimum absolute atomic E-state index is 0.0511. The van der Waals surface area contributed by atoms with Crippen LogP contribution in [0.5, 0.6) is 0 Å². The zero-order valence-electron chi connectivity index (χ0n) is 31.6. The molecule has 13 nitrogen and oxygen atoms in total. The molecule has 0 radical (unpaired) electrons. The SMILES string of the molecule is CC(=O)OCCOC1CC(C)C(C)(C(=O)C(=O)C2C(C)C(OC(=O)C(O)C(NC(=O)OC(C)(C)C)c3ccccc3)CC(C)(O)C2(C)C)C(O)C1. The standard InChI is InChI=1S/C38H57NO12/c1-21-18-25(49-17-16-48-23(3)40)19-27(41)38(21,10)32(44)30(42)28-22(2)26(20-37(9,47)36(28,7)8)50-33(45)31(43)29(24-14-12-11-13-15-24)39-34(46)51-35(4,5)6/h11-15,21-22,25-29,31,41,43,47H,16-20H2,1-10H3,(H,39,46). The molecule has 2 aliphatic rings. The van der Waals surface area contributed by atoms with Crippen LogP contribution in [0.15, 0.2) is 30.3 Å². The Morgan fingerprint density at radius 1 is 0.980 bits per heavy atom. The molecule has 1 amide bonds. The number of Topliss-reactive ketones (excluding diaryl/α,β-unsaturated/α-hetero) is 2. The first-order chi connectivity index (χ1) is 23.4. The van der Waals surface area contributed by atoms with Crippen molar-refractivity contribution in [2.24, 2.45) is 28.6 Å². The van der Waals surface area contributed by atoms with Gasteiger partial charge in [0.25, 0.3) is 0 Å². The minimum atomic E-state index is -1.90. The third-order valence-corrected chi connectivity index (χ3v) is 11.1. The van der Waals surface area contributed by atoms with E-state index in [2.05, 4.69) is 5.32 Å². The number of hydrogen-bond donors (Lipinski definition) is 4. The largest absolute Gasteiger partial charge is 0.463 e. The highest BCUT2D eigenvalue weighted by Gasteiger charge is 2.61. The highest BCUT2D eigenvalue weighted by molar-refractivity contribution is 6.40. The summed E-state index contributed by atoms with van der Waals surface area (Å²) in [7, 11) is 0. The van der Waals surface area contributed by atoms with Crippen LogP contribution < -0.4 is 5.32 Å². The lowest BCUT2D eigenvalue weighted by atomic mass is 9.52. The van der Waals surface area contributed by atoms with Gasteiger partial charge in [0.05, 0.1) is 35.9 Å². The number of aliphatic hydroxyl groups excluding tert-OH is 2. The Bertz CT molecular complexity index is 1410. The summed E-state index contributed by atoms with van der Waals surface area (Å²) in [6.45, 7) is 16.3. The number of benzene rings is 1. The molecule has 10 unspecified atom stereocenters. The molecular formula is C38H57NO12. The Morgan fingerprint density at radius 2 is 1.59 bits per heavy atom. The second kappa shape index (κ2) is 16.1. The van der Waals surface area contributed by atoms with E-state index in [0.29, 0.717) is 12.0 Å². The maximum absolute atomic E-state index is 14.4. The van der Waals surface area contributed by atoms with Gasteiger partial charge >= 0.3 is 18.0 Å². The van der Waals surface area contributed by atoms with E-state index in [1.54, 1.807) is 85.7 Å². The molecule has 0 spiro atoms. The molecule has 51 heavy (non-hydrogen) atoms. The van der Waals surface area contributed by atoms with Gasteiger partial charge in [0, 0.05) is 37.0 Å². The average Bonchev–Trinajstić information content (AvgIpc) is 3.02. The highest BCUT2D eigenvalue weighted by Crippen LogP contribution is 2.53. The fourth-order valence-electron chi connectivity index (χ4n) is 7.43. The molecule has 13 heteroatoms. The van der Waals surface area contributed by atoms with E-state index in [1.165, 1.54) is 13.8 Å². The number of rotatable bonds is 12. The van der Waals surface area contributed by atoms with Crippen LogP contribution in [0.2, 0.25) is 0 Å². The normalized spacial score (nSPS) is 31.8. The maximum atomic E-state index is 14.4. The maximum Gasteiger partial charge on any atom is 0.408 e. The van der Waals surface area contributed by atoms with Crippen LogP contribution in [0.3, 0.4) is 0 Å². The second-order valence-corrected chi connectivity index (χ2v) is 16.2. The number of carbonyl (C=O) groups is 5. The van der Waals surface area contributed by atoms with Crippen molar-refractivity contribution >= 4 is 29.6 Å². The van der Waals surface area contributed by atoms with Crippen molar-refractivity contribution in [1.29, 1.82) is 0 Å². The summed E-state index contributed by atoms with van der Waals surface area (Å²) >= 11 is 0. The molecule has 286 valence electrons. The van der Waals surface area contributed by atoms with Gasteiger partial charge in [-0.3, -0.25) is 14.4 Å². The van der Waals surface area contributed by atoms with Crippen molar-refractivity contribution in [2.75, 3.05) is 13.2 Å². The van der Waals surface area contributed by atoms with Gasteiger partial charge in [0.2, 0.25) is 11.6 Å². The molecule has 0 heterocycles. The molecule has 0 saturated heterocycles. The van der Waals surface area contributed by atoms with E-state index in [9.17, 15) is 39.3 Å². The van der Waals surface area contributed by atoms with Gasteiger partial charge in [-0.1, -0.05) is 58.0 Å². The minimum Gasteiger partial charge on any atom is -0.463 e. The lowest BCUT2D eigenvalue weighted by molar-refractivity contribution is -0.201. The average molecular weight is 720 g/mol. The van der Waals surface area contributed by atoms with E-state index in [-0.39, 0.29) is 26.1 Å². The molecule has 2 saturated carbocycles. The van der Waals surface area contributed by atoms with Crippen molar-refractivity contribution in [1.82, 2.24) is 5.32 Å². The summed E-state index contributed by atoms with van der Waals surface area (Å²) in [4.78, 5) is 65.9. The number of hydrogen-bond acceptors (Lipinski definition) is 12. The summed E-state index contributed by atoms with van der Waals surface area (Å²) in [5.74, 6) is -5.54. The lowest BCUT2D eigenvalue weighted by Gasteiger charge is -2.54. The summed E-state index contributed by atoms with van der Waals surface area (Å²) in [6.07, 6.45) is -5.17. The lowest BCUT2D eigenvalue weighted by Crippen LogP contribution is -2.63. The zero-order chi connectivity index (χ0) is 38.7. The number of alkyl carbamates (subject to hydrolysis) is 1. The van der Waals surface area contributed by atoms with Crippen LogP contribution >= 0.6 is 0 Å². The monoisotopic (exact) mass is 719 g/mol. The van der Waals surface area contributed by atoms with Crippen LogP contribution in [0.25, 0.3) is 0 Å². The quantitative estimate of drug-likeness (QED) is 0.106. The first kappa shape index (κ1) is 42.0. The van der Waals surface area contributed by atoms with Crippen LogP contribution in [0.1, 0.15) is 100 Å². The zero-order valence-corrected chi connectivity index (χ0v) is 31.6. The molecule has 4 N–H and O–H groups in total. The Labute approximate surface area is 300 Å². The Morgan fingerprint density at radius 3 is 2.14 bits per heavy atom. The van der Waals surface area contributed by atoms with E-state index in [4.69, 9.17) is 18.9 Å². The molecule has 2 fully saturated rings. The fraction of sp³-hybridized carbons (Fsp3) is 0.711. The van der Waals surface area contributed by atoms with Crippen molar-refractivity contribution in [2.45, 2.75) is 130 Å². The van der Waals surface area contributed by atoms with E-state index >= 15 is 0 Å². The second-order valence-electron chi connectivity index (χ2n) is 16.2. The molecule has 2 aliphatic carbocycles. The van der Waals surface area contributed by atoms with Gasteiger partial charge in [-0.05, 0) is 52.5 Å². The highest BCUT2D eigenvalue weighted by atomic mass is 16.6. The molecule has 3 rings (SSSR count). The predicted octanol–water partition coefficient (Wildman–Crippen LogP) is 3.84. The third-order valence-electron chi connectivity index (χ3n) is 11.1. The van der Waals surface area contributed by atoms with Gasteiger partial charge < -0.3 is 39.6 Å². The molecule has 0 bridgehead atoms. The summed E-state index contributed by atoms with van der Waals surface area (Å²) in [6, 6.07) is 7.07. The Hall–Kier alpha value is -3.39. The summed E-state index contributed by atoms with van der Waals surface area (Å²) < 4.78 is 21.9. The van der Waals surface area contributed by atoms with Crippen molar-refractivity contribution in [3.05, 3.63) is 35.9 Å². The van der Waals surface area contributed by atoms with E-state index in [0.717, 1.165) is 0 Å². The predicted molar refractivity (Wildman–Crippen MR) is 185 cm³/mol. The molecular weight excluding hydrogens is 662 g/mol. The van der Waals surface area contributed by atoms with Gasteiger partial charge in [-0.25, -0.2) is 9.59 Å². The van der Waals surface area contributed by atoms with Gasteiger partial charge in [-0.2, -0.15) is 0 Å². The molecule has 0 aromatic heterocycles. The number of amides is 1. The van der Waals surface area contributed by atoms with E-state index < -0.39 is 99.8 Å². The fourth-order valence-corrected chi connectivity index (χ4v) is 7.43. The Kier molecular flexibility index (Phi) is 13.3. The smallest absolute Gasteiger partial charge is 0.408 e. The van der Waals surface area contributed by atoms with Crippen LogP contribution in [0.4, 0.5) is 4.79 Å². The summed E-state index contributed by atoms with van der Waals surface area (Å²) in [5.41, 5.74) is -4.70. The van der Waals surface area contributed by atoms with Crippen LogP contribution in [-0.4, -0.2) is 93.7 Å². The van der Waals surface area contributed by atoms with E-state index in [1.807, 2.05) is 0 Å². The number of ether oxygens (including phenoxy) is 4. The van der Waals surface area contributed by atoms with Gasteiger partial charge in [0.1, 0.15) is 18.3 Å². The molecule has 10 atom stereocenters. The van der Waals surface area contributed by atoms with Gasteiger partial charge in [0.15, 0.2) is 6.10 Å². The Balaban J connectivity index is 1.84. The first-order valence-electron chi connectivity index (χ1n) is 17.6. The number of esters is 2. The van der Waals surface area contributed by atoms with Gasteiger partial charge in [-0.15, -0.1) is 0 Å². The van der Waals surface area contributed by atoms with Crippen LogP contribution in [0, 0.1) is 28.6 Å². The number of carbonyl (C=O) groups excluding carboxylic acids is 5. The number of aliphatic hydroxyl groups is 3. The van der Waals surface area contributed by atoms with Crippen molar-refractivity contribution in [3.63, 3.8) is 0 Å². The number of ketones is 2. The van der Waals surface area contributed by atoms with Crippen molar-refractivity contribution in [3.8, 4) is 0 Å². The molecule has 1 aromatic rings. The molecule has 1 aromatic carbocycles. The third kappa shape index (κ3) is 9.54. The van der Waals surface area contributed by atoms with Crippen molar-refractivity contribution < 1.29 is 58.2 Å².